The summed E-state index contributed by atoms with van der Waals surface area (Å²) >= 11 is 0. The van der Waals surface area contributed by atoms with Gasteiger partial charge < -0.3 is 5.73 Å². The van der Waals surface area contributed by atoms with Crippen molar-refractivity contribution in [1.29, 1.82) is 0 Å². The van der Waals surface area contributed by atoms with E-state index in [9.17, 15) is 4.39 Å². The van der Waals surface area contributed by atoms with Gasteiger partial charge in [0.25, 0.3) is 0 Å². The van der Waals surface area contributed by atoms with Crippen LogP contribution >= 0.6 is 12.4 Å². The Morgan fingerprint density at radius 3 is 2.05 bits per heavy atom. The number of nitrogens with two attached hydrogens (primary N) is 1. The molecule has 0 fully saturated rings. The van der Waals surface area contributed by atoms with Gasteiger partial charge in [0, 0.05) is 5.92 Å². The minimum Gasteiger partial charge on any atom is -0.330 e. The van der Waals surface area contributed by atoms with Crippen LogP contribution in [0.4, 0.5) is 4.39 Å². The van der Waals surface area contributed by atoms with E-state index in [1.165, 1.54) is 17.7 Å². The molecule has 102 valence electrons. The van der Waals surface area contributed by atoms with E-state index in [1.807, 2.05) is 30.3 Å². The molecule has 0 aliphatic heterocycles. The highest BCUT2D eigenvalue weighted by molar-refractivity contribution is 5.85. The quantitative estimate of drug-likeness (QED) is 0.896. The minimum absolute atomic E-state index is 0. The Hall–Kier alpha value is -1.38. The van der Waals surface area contributed by atoms with Gasteiger partial charge in [-0.1, -0.05) is 49.4 Å². The average molecular weight is 280 g/mol. The summed E-state index contributed by atoms with van der Waals surface area (Å²) in [4.78, 5) is 0. The summed E-state index contributed by atoms with van der Waals surface area (Å²) in [5, 5.41) is 0. The molecule has 2 atom stereocenters. The molecule has 2 N–H and O–H groups in total. The van der Waals surface area contributed by atoms with E-state index in [2.05, 4.69) is 19.1 Å². The van der Waals surface area contributed by atoms with Gasteiger partial charge in [0.05, 0.1) is 0 Å². The van der Waals surface area contributed by atoms with Crippen molar-refractivity contribution >= 4 is 12.4 Å². The third kappa shape index (κ3) is 3.79. The van der Waals surface area contributed by atoms with Gasteiger partial charge in [-0.15, -0.1) is 12.4 Å². The van der Waals surface area contributed by atoms with E-state index in [1.54, 1.807) is 0 Å². The van der Waals surface area contributed by atoms with Crippen molar-refractivity contribution in [3.05, 3.63) is 71.5 Å². The summed E-state index contributed by atoms with van der Waals surface area (Å²) in [5.74, 6) is 0.338. The Labute approximate surface area is 120 Å². The average Bonchev–Trinajstić information content (AvgIpc) is 2.41. The first-order valence-corrected chi connectivity index (χ1v) is 6.23. The number of halogens is 2. The zero-order chi connectivity index (χ0) is 13.0. The molecule has 0 radical (unpaired) electrons. The van der Waals surface area contributed by atoms with Crippen LogP contribution in [0.25, 0.3) is 0 Å². The molecule has 0 aliphatic carbocycles. The van der Waals surface area contributed by atoms with Crippen molar-refractivity contribution in [1.82, 2.24) is 0 Å². The van der Waals surface area contributed by atoms with Crippen LogP contribution in [0.5, 0.6) is 0 Å². The Morgan fingerprint density at radius 1 is 0.947 bits per heavy atom. The summed E-state index contributed by atoms with van der Waals surface area (Å²) in [6, 6.07) is 16.9. The third-order valence-corrected chi connectivity index (χ3v) is 3.48. The molecule has 0 saturated carbocycles. The summed E-state index contributed by atoms with van der Waals surface area (Å²) in [5.41, 5.74) is 8.25. The highest BCUT2D eigenvalue weighted by Crippen LogP contribution is 2.31. The SMILES string of the molecule is CC(c1ccc(F)cc1)C(CN)c1ccccc1.Cl. The zero-order valence-electron chi connectivity index (χ0n) is 10.9. The van der Waals surface area contributed by atoms with E-state index in [0.717, 1.165) is 5.56 Å². The van der Waals surface area contributed by atoms with Gasteiger partial charge in [0.2, 0.25) is 0 Å². The Balaban J connectivity index is 0.00000180. The van der Waals surface area contributed by atoms with Crippen LogP contribution in [0.2, 0.25) is 0 Å². The number of hydrogen-bond acceptors (Lipinski definition) is 1. The fourth-order valence-corrected chi connectivity index (χ4v) is 2.33. The Morgan fingerprint density at radius 2 is 1.53 bits per heavy atom. The van der Waals surface area contributed by atoms with Crippen LogP contribution in [-0.2, 0) is 0 Å². The van der Waals surface area contributed by atoms with Crippen molar-refractivity contribution in [2.24, 2.45) is 5.73 Å². The Kier molecular flexibility index (Phi) is 6.00. The van der Waals surface area contributed by atoms with Crippen molar-refractivity contribution < 1.29 is 4.39 Å². The second kappa shape index (κ2) is 7.27. The largest absolute Gasteiger partial charge is 0.330 e. The second-order valence-corrected chi connectivity index (χ2v) is 4.59. The molecule has 1 nitrogen and oxygen atoms in total. The Bertz CT molecular complexity index is 484. The lowest BCUT2D eigenvalue weighted by molar-refractivity contribution is 0.580. The van der Waals surface area contributed by atoms with E-state index in [-0.39, 0.29) is 30.1 Å². The lowest BCUT2D eigenvalue weighted by Crippen LogP contribution is -2.18. The van der Waals surface area contributed by atoms with Gasteiger partial charge in [-0.3, -0.25) is 0 Å². The molecule has 19 heavy (non-hydrogen) atoms. The van der Waals surface area contributed by atoms with Crippen LogP contribution in [0.3, 0.4) is 0 Å². The highest BCUT2D eigenvalue weighted by Gasteiger charge is 2.19. The summed E-state index contributed by atoms with van der Waals surface area (Å²) in [6.07, 6.45) is 0. The van der Waals surface area contributed by atoms with Crippen LogP contribution in [0.15, 0.2) is 54.6 Å². The molecular formula is C16H19ClFN. The fourth-order valence-electron chi connectivity index (χ4n) is 2.33. The molecular weight excluding hydrogens is 261 g/mol. The van der Waals surface area contributed by atoms with Crippen molar-refractivity contribution in [3.8, 4) is 0 Å². The van der Waals surface area contributed by atoms with Gasteiger partial charge in [-0.05, 0) is 35.7 Å². The van der Waals surface area contributed by atoms with Gasteiger partial charge in [-0.2, -0.15) is 0 Å². The summed E-state index contributed by atoms with van der Waals surface area (Å²) in [7, 11) is 0. The first-order chi connectivity index (χ1) is 8.72. The summed E-state index contributed by atoms with van der Waals surface area (Å²) < 4.78 is 12.9. The van der Waals surface area contributed by atoms with E-state index < -0.39 is 0 Å². The maximum absolute atomic E-state index is 12.9. The topological polar surface area (TPSA) is 26.0 Å². The molecule has 0 amide bonds. The normalized spacial score (nSPS) is 13.4. The standard InChI is InChI=1S/C16H18FN.ClH/c1-12(13-7-9-15(17)10-8-13)16(11-18)14-5-3-2-4-6-14;/h2-10,12,16H,11,18H2,1H3;1H. The van der Waals surface area contributed by atoms with E-state index in [4.69, 9.17) is 5.73 Å². The highest BCUT2D eigenvalue weighted by atomic mass is 35.5. The van der Waals surface area contributed by atoms with Gasteiger partial charge >= 0.3 is 0 Å². The smallest absolute Gasteiger partial charge is 0.123 e. The number of benzene rings is 2. The summed E-state index contributed by atoms with van der Waals surface area (Å²) in [6.45, 7) is 2.72. The molecule has 2 aromatic rings. The second-order valence-electron chi connectivity index (χ2n) is 4.59. The molecule has 0 saturated heterocycles. The van der Waals surface area contributed by atoms with E-state index in [0.29, 0.717) is 6.54 Å². The molecule has 2 aromatic carbocycles. The predicted molar refractivity (Wildman–Crippen MR) is 80.3 cm³/mol. The minimum atomic E-state index is -0.199. The lowest BCUT2D eigenvalue weighted by atomic mass is 9.83. The maximum Gasteiger partial charge on any atom is 0.123 e. The van der Waals surface area contributed by atoms with Gasteiger partial charge in [-0.25, -0.2) is 4.39 Å². The zero-order valence-corrected chi connectivity index (χ0v) is 11.7. The molecule has 0 heterocycles. The monoisotopic (exact) mass is 279 g/mol. The number of hydrogen-bond donors (Lipinski definition) is 1. The molecule has 2 rings (SSSR count). The first-order valence-electron chi connectivity index (χ1n) is 6.23. The predicted octanol–water partition coefficient (Wildman–Crippen LogP) is 4.09. The van der Waals surface area contributed by atoms with Crippen LogP contribution in [0, 0.1) is 5.82 Å². The lowest BCUT2D eigenvalue weighted by Gasteiger charge is -2.23. The van der Waals surface area contributed by atoms with Gasteiger partial charge in [0.1, 0.15) is 5.82 Å². The number of rotatable bonds is 4. The van der Waals surface area contributed by atoms with E-state index >= 15 is 0 Å². The van der Waals surface area contributed by atoms with Crippen molar-refractivity contribution in [2.75, 3.05) is 6.54 Å². The van der Waals surface area contributed by atoms with Crippen molar-refractivity contribution in [3.63, 3.8) is 0 Å². The third-order valence-electron chi connectivity index (χ3n) is 3.48. The van der Waals surface area contributed by atoms with Crippen molar-refractivity contribution in [2.45, 2.75) is 18.8 Å². The molecule has 0 spiro atoms. The fraction of sp³-hybridized carbons (Fsp3) is 0.250. The van der Waals surface area contributed by atoms with Crippen LogP contribution in [0.1, 0.15) is 29.9 Å². The molecule has 2 unspecified atom stereocenters. The van der Waals surface area contributed by atoms with Crippen LogP contribution in [-0.4, -0.2) is 6.54 Å². The molecule has 3 heteroatoms. The van der Waals surface area contributed by atoms with Gasteiger partial charge in [0.15, 0.2) is 0 Å². The molecule has 0 aromatic heterocycles. The molecule has 0 aliphatic rings. The maximum atomic E-state index is 12.9. The first kappa shape index (κ1) is 15.7. The molecule has 0 bridgehead atoms. The van der Waals surface area contributed by atoms with Crippen LogP contribution < -0.4 is 5.73 Å².